The monoisotopic (exact) mass is 465 g/mol. The van der Waals surface area contributed by atoms with E-state index in [-0.39, 0.29) is 37.1 Å². The van der Waals surface area contributed by atoms with Gasteiger partial charge < -0.3 is 23.8 Å². The van der Waals surface area contributed by atoms with Gasteiger partial charge >= 0.3 is 0 Å². The van der Waals surface area contributed by atoms with Gasteiger partial charge in [-0.25, -0.2) is 5.01 Å². The van der Waals surface area contributed by atoms with Crippen LogP contribution >= 0.6 is 0 Å². The number of fused-ring (bicyclic) bond motifs is 1. The van der Waals surface area contributed by atoms with Gasteiger partial charge in [-0.15, -0.1) is 0 Å². The van der Waals surface area contributed by atoms with E-state index >= 15 is 0 Å². The number of hydrogen-bond acceptors (Lipinski definition) is 7. The third-order valence-corrected chi connectivity index (χ3v) is 6.34. The second-order valence-electron chi connectivity index (χ2n) is 8.65. The van der Waals surface area contributed by atoms with Gasteiger partial charge in [-0.2, -0.15) is 5.10 Å². The van der Waals surface area contributed by atoms with Gasteiger partial charge in [0, 0.05) is 31.0 Å². The highest BCUT2D eigenvalue weighted by atomic mass is 16.7. The summed E-state index contributed by atoms with van der Waals surface area (Å²) < 4.78 is 21.9. The van der Waals surface area contributed by atoms with E-state index in [4.69, 9.17) is 24.0 Å². The van der Waals surface area contributed by atoms with Gasteiger partial charge in [0.2, 0.25) is 12.7 Å². The second-order valence-corrected chi connectivity index (χ2v) is 8.65. The van der Waals surface area contributed by atoms with E-state index in [0.29, 0.717) is 35.1 Å². The predicted molar refractivity (Wildman–Crippen MR) is 123 cm³/mol. The number of ether oxygens (including phenoxy) is 4. The van der Waals surface area contributed by atoms with Crippen LogP contribution in [-0.2, 0) is 9.59 Å². The first-order chi connectivity index (χ1) is 16.5. The van der Waals surface area contributed by atoms with Crippen LogP contribution in [-0.4, -0.2) is 62.0 Å². The number of carbonyl (C=O) groups is 2. The first-order valence-corrected chi connectivity index (χ1v) is 11.2. The number of likely N-dealkylation sites (N-methyl/N-ethyl adjacent to an activating group) is 1. The van der Waals surface area contributed by atoms with E-state index in [1.54, 1.807) is 27.3 Å². The van der Waals surface area contributed by atoms with Crippen molar-refractivity contribution in [3.63, 3.8) is 0 Å². The molecule has 5 rings (SSSR count). The molecule has 2 aromatic rings. The molecule has 3 aliphatic rings. The van der Waals surface area contributed by atoms with E-state index in [1.165, 1.54) is 9.91 Å². The summed E-state index contributed by atoms with van der Waals surface area (Å²) in [6.45, 7) is 0.137. The third-order valence-electron chi connectivity index (χ3n) is 6.34. The number of benzene rings is 2. The first-order valence-electron chi connectivity index (χ1n) is 11.2. The average molecular weight is 466 g/mol. The summed E-state index contributed by atoms with van der Waals surface area (Å²) in [6.07, 6.45) is 2.26. The van der Waals surface area contributed by atoms with Crippen LogP contribution in [0.4, 0.5) is 0 Å². The molecule has 1 aliphatic carbocycles. The van der Waals surface area contributed by atoms with Gasteiger partial charge in [0.25, 0.3) is 5.91 Å². The molecule has 1 fully saturated rings. The Labute approximate surface area is 197 Å². The van der Waals surface area contributed by atoms with Crippen LogP contribution in [0.5, 0.6) is 23.0 Å². The Morgan fingerprint density at radius 2 is 1.88 bits per heavy atom. The zero-order chi connectivity index (χ0) is 23.8. The van der Waals surface area contributed by atoms with Crippen LogP contribution < -0.4 is 18.9 Å². The van der Waals surface area contributed by atoms with Crippen molar-refractivity contribution >= 4 is 17.5 Å². The number of methoxy groups -OCH3 is 2. The van der Waals surface area contributed by atoms with Crippen LogP contribution in [0.15, 0.2) is 41.5 Å². The molecule has 9 heteroatoms. The van der Waals surface area contributed by atoms with E-state index in [0.717, 1.165) is 24.0 Å². The van der Waals surface area contributed by atoms with E-state index in [9.17, 15) is 9.59 Å². The Kier molecular flexibility index (Phi) is 5.77. The summed E-state index contributed by atoms with van der Waals surface area (Å²) in [5.41, 5.74) is 2.37. The molecule has 0 unspecified atom stereocenters. The quantitative estimate of drug-likeness (QED) is 0.625. The molecule has 34 heavy (non-hydrogen) atoms. The number of hydrazone groups is 1. The lowest BCUT2D eigenvalue weighted by molar-refractivity contribution is -0.141. The molecule has 0 bridgehead atoms. The fourth-order valence-corrected chi connectivity index (χ4v) is 4.32. The fraction of sp³-hybridized carbons (Fsp3) is 0.400. The molecule has 0 spiro atoms. The number of hydrogen-bond donors (Lipinski definition) is 0. The lowest BCUT2D eigenvalue weighted by Gasteiger charge is -2.25. The first kappa shape index (κ1) is 22.1. The molecule has 9 nitrogen and oxygen atoms in total. The Morgan fingerprint density at radius 1 is 1.09 bits per heavy atom. The molecule has 2 aliphatic heterocycles. The Morgan fingerprint density at radius 3 is 2.62 bits per heavy atom. The second kappa shape index (κ2) is 8.89. The molecule has 2 aromatic carbocycles. The molecule has 1 saturated carbocycles. The van der Waals surface area contributed by atoms with Gasteiger partial charge in [0.05, 0.1) is 26.0 Å². The third kappa shape index (κ3) is 4.13. The lowest BCUT2D eigenvalue weighted by Crippen LogP contribution is -2.39. The van der Waals surface area contributed by atoms with Crippen LogP contribution in [0.1, 0.15) is 36.4 Å². The van der Waals surface area contributed by atoms with Crippen LogP contribution in [0.3, 0.4) is 0 Å². The topological polar surface area (TPSA) is 89.9 Å². The van der Waals surface area contributed by atoms with Crippen molar-refractivity contribution in [1.29, 1.82) is 0 Å². The van der Waals surface area contributed by atoms with Crippen molar-refractivity contribution in [2.45, 2.75) is 25.3 Å². The molecular formula is C25H27N3O6. The SMILES string of the molecule is COc1ccc(C2=NN(C(=O)CN(C)C(=O)C3CC3)[C@@H](c3ccc4c(c3)OCO4)C2)c(OC)c1. The lowest BCUT2D eigenvalue weighted by atomic mass is 9.97. The van der Waals surface area contributed by atoms with Crippen LogP contribution in [0, 0.1) is 5.92 Å². The van der Waals surface area contributed by atoms with Crippen molar-refractivity contribution in [2.75, 3.05) is 34.6 Å². The Balaban J connectivity index is 1.46. The number of nitrogens with zero attached hydrogens (tertiary/aromatic N) is 3. The number of carbonyl (C=O) groups excluding carboxylic acids is 2. The minimum absolute atomic E-state index is 0.00760. The standard InChI is InChI=1S/C25H27N3O6/c1-27(25(30)15-4-5-15)13-24(29)28-20(16-6-9-21-23(10-16)34-14-33-21)12-19(26-28)18-8-7-17(31-2)11-22(18)32-3/h6-11,15,20H,4-5,12-14H2,1-3H3/t20-/m1/s1. The maximum Gasteiger partial charge on any atom is 0.262 e. The molecule has 0 radical (unpaired) electrons. The molecule has 0 N–H and O–H groups in total. The number of amides is 2. The maximum absolute atomic E-state index is 13.4. The zero-order valence-electron chi connectivity index (χ0n) is 19.4. The summed E-state index contributed by atoms with van der Waals surface area (Å²) in [6, 6.07) is 10.8. The van der Waals surface area contributed by atoms with Crippen molar-refractivity contribution in [3.05, 3.63) is 47.5 Å². The van der Waals surface area contributed by atoms with Crippen molar-refractivity contribution < 1.29 is 28.5 Å². The van der Waals surface area contributed by atoms with Gasteiger partial charge in [-0.1, -0.05) is 6.07 Å². The highest BCUT2D eigenvalue weighted by Gasteiger charge is 2.37. The highest BCUT2D eigenvalue weighted by Crippen LogP contribution is 2.40. The van der Waals surface area contributed by atoms with E-state index in [1.807, 2.05) is 30.3 Å². The fourth-order valence-electron chi connectivity index (χ4n) is 4.32. The number of rotatable bonds is 7. The van der Waals surface area contributed by atoms with E-state index in [2.05, 4.69) is 0 Å². The summed E-state index contributed by atoms with van der Waals surface area (Å²) in [7, 11) is 4.85. The van der Waals surface area contributed by atoms with Gasteiger partial charge in [0.15, 0.2) is 11.5 Å². The summed E-state index contributed by atoms with van der Waals surface area (Å²) >= 11 is 0. The molecule has 178 valence electrons. The smallest absolute Gasteiger partial charge is 0.262 e. The molecule has 1 atom stereocenters. The van der Waals surface area contributed by atoms with E-state index < -0.39 is 0 Å². The average Bonchev–Trinajstić information content (AvgIpc) is 3.43. The van der Waals surface area contributed by atoms with Crippen LogP contribution in [0.25, 0.3) is 0 Å². The largest absolute Gasteiger partial charge is 0.497 e. The van der Waals surface area contributed by atoms with Crippen LogP contribution in [0.2, 0.25) is 0 Å². The normalized spacial score (nSPS) is 18.5. The van der Waals surface area contributed by atoms with Gasteiger partial charge in [0.1, 0.15) is 18.0 Å². The Bertz CT molecular complexity index is 1160. The summed E-state index contributed by atoms with van der Waals surface area (Å²) in [5, 5.41) is 6.20. The van der Waals surface area contributed by atoms with Crippen molar-refractivity contribution in [3.8, 4) is 23.0 Å². The van der Waals surface area contributed by atoms with Crippen molar-refractivity contribution in [1.82, 2.24) is 9.91 Å². The maximum atomic E-state index is 13.4. The Hall–Kier alpha value is -3.75. The highest BCUT2D eigenvalue weighted by molar-refractivity contribution is 6.05. The molecule has 0 saturated heterocycles. The minimum Gasteiger partial charge on any atom is -0.497 e. The van der Waals surface area contributed by atoms with Gasteiger partial charge in [-0.3, -0.25) is 9.59 Å². The summed E-state index contributed by atoms with van der Waals surface area (Å²) in [5.74, 6) is 2.39. The van der Waals surface area contributed by atoms with Gasteiger partial charge in [-0.05, 0) is 42.7 Å². The molecule has 2 amide bonds. The molecule has 2 heterocycles. The van der Waals surface area contributed by atoms with Crippen molar-refractivity contribution in [2.24, 2.45) is 11.0 Å². The minimum atomic E-state index is -0.353. The molecular weight excluding hydrogens is 438 g/mol. The predicted octanol–water partition coefficient (Wildman–Crippen LogP) is 2.98. The zero-order valence-corrected chi connectivity index (χ0v) is 19.4. The molecule has 0 aromatic heterocycles. The summed E-state index contributed by atoms with van der Waals surface area (Å²) in [4.78, 5) is 27.3.